The highest BCUT2D eigenvalue weighted by Crippen LogP contribution is 2.23. The van der Waals surface area contributed by atoms with Crippen molar-refractivity contribution in [2.45, 2.75) is 37.1 Å². The van der Waals surface area contributed by atoms with Crippen LogP contribution >= 0.6 is 27.7 Å². The van der Waals surface area contributed by atoms with E-state index in [1.165, 1.54) is 18.4 Å². The van der Waals surface area contributed by atoms with Crippen LogP contribution in [-0.2, 0) is 12.2 Å². The van der Waals surface area contributed by atoms with Crippen LogP contribution in [0.15, 0.2) is 58.4 Å². The number of hydrogen-bond acceptors (Lipinski definition) is 5. The van der Waals surface area contributed by atoms with Crippen molar-refractivity contribution >= 4 is 33.3 Å². The van der Waals surface area contributed by atoms with Crippen molar-refractivity contribution in [1.29, 1.82) is 0 Å². The van der Waals surface area contributed by atoms with Crippen LogP contribution in [-0.4, -0.2) is 29.6 Å². The summed E-state index contributed by atoms with van der Waals surface area (Å²) in [5, 5.41) is 12.9. The lowest BCUT2D eigenvalue weighted by atomic mass is 10.1. The molecule has 0 atom stereocenters. The highest BCUT2D eigenvalue weighted by atomic mass is 79.9. The molecule has 0 saturated carbocycles. The van der Waals surface area contributed by atoms with Crippen molar-refractivity contribution < 1.29 is 0 Å². The van der Waals surface area contributed by atoms with Crippen molar-refractivity contribution in [3.05, 3.63) is 64.5 Å². The molecule has 0 fully saturated rings. The Balaban J connectivity index is 1.48. The quantitative estimate of drug-likeness (QED) is 0.388. The molecule has 27 heavy (non-hydrogen) atoms. The number of hydrogen-bond donors (Lipinski definition) is 0. The lowest BCUT2D eigenvalue weighted by molar-refractivity contribution is 0.754. The highest BCUT2D eigenvalue weighted by Gasteiger charge is 2.11. The second-order valence-corrected chi connectivity index (χ2v) is 8.14. The molecule has 0 aliphatic carbocycles. The molecule has 0 bridgehead atoms. The summed E-state index contributed by atoms with van der Waals surface area (Å²) in [6.07, 6.45) is 7.55. The monoisotopic (exact) mass is 442 g/mol. The molecule has 0 radical (unpaired) electrons. The Labute approximate surface area is 170 Å². The van der Waals surface area contributed by atoms with Gasteiger partial charge in [-0.15, -0.1) is 5.10 Å². The van der Waals surface area contributed by atoms with E-state index in [-0.39, 0.29) is 0 Å². The van der Waals surface area contributed by atoms with Gasteiger partial charge in [0.25, 0.3) is 0 Å². The predicted octanol–water partition coefficient (Wildman–Crippen LogP) is 4.71. The fraction of sp³-hybridized carbons (Fsp3) is 0.263. The Morgan fingerprint density at radius 1 is 1.07 bits per heavy atom. The maximum atomic E-state index is 4.64. The standard InChI is InChI=1S/C19H19BrN6S/c1-2-3-4-14-5-8-17(9-6-14)26-19(22-23-24-26)27-13-16-12-25-11-15(20)7-10-18(25)21-16/h5-12H,2-4,13H2,1H3. The van der Waals surface area contributed by atoms with E-state index in [0.29, 0.717) is 5.75 Å². The fourth-order valence-corrected chi connectivity index (χ4v) is 3.97. The topological polar surface area (TPSA) is 60.9 Å². The van der Waals surface area contributed by atoms with Crippen LogP contribution in [0, 0.1) is 0 Å². The Morgan fingerprint density at radius 2 is 1.93 bits per heavy atom. The molecule has 3 heterocycles. The summed E-state index contributed by atoms with van der Waals surface area (Å²) in [6, 6.07) is 12.4. The zero-order valence-electron chi connectivity index (χ0n) is 14.9. The van der Waals surface area contributed by atoms with Gasteiger partial charge in [-0.3, -0.25) is 0 Å². The first-order chi connectivity index (χ1) is 13.2. The maximum absolute atomic E-state index is 4.64. The number of aromatic nitrogens is 6. The van der Waals surface area contributed by atoms with Gasteiger partial charge in [-0.25, -0.2) is 4.98 Å². The van der Waals surface area contributed by atoms with Crippen molar-refractivity contribution in [3.8, 4) is 5.69 Å². The van der Waals surface area contributed by atoms with E-state index in [9.17, 15) is 0 Å². The number of fused-ring (bicyclic) bond motifs is 1. The number of rotatable bonds is 7. The van der Waals surface area contributed by atoms with Crippen LogP contribution in [0.25, 0.3) is 11.3 Å². The third-order valence-electron chi connectivity index (χ3n) is 4.25. The van der Waals surface area contributed by atoms with E-state index in [1.807, 2.05) is 28.9 Å². The molecule has 0 amide bonds. The molecule has 0 aliphatic rings. The predicted molar refractivity (Wildman–Crippen MR) is 110 cm³/mol. The van der Waals surface area contributed by atoms with Gasteiger partial charge < -0.3 is 4.40 Å². The molecule has 138 valence electrons. The largest absolute Gasteiger partial charge is 0.306 e. The summed E-state index contributed by atoms with van der Waals surface area (Å²) >= 11 is 5.06. The fourth-order valence-electron chi connectivity index (χ4n) is 2.84. The molecular weight excluding hydrogens is 424 g/mol. The van der Waals surface area contributed by atoms with Gasteiger partial charge in [0.2, 0.25) is 5.16 Å². The number of benzene rings is 1. The van der Waals surface area contributed by atoms with Gasteiger partial charge in [0, 0.05) is 22.6 Å². The van der Waals surface area contributed by atoms with Gasteiger partial charge in [0.1, 0.15) is 5.65 Å². The number of thioether (sulfide) groups is 1. The molecule has 1 aromatic carbocycles. The van der Waals surface area contributed by atoms with Gasteiger partial charge in [-0.1, -0.05) is 37.2 Å². The first-order valence-corrected chi connectivity index (χ1v) is 10.6. The Morgan fingerprint density at radius 3 is 2.74 bits per heavy atom. The minimum Gasteiger partial charge on any atom is -0.306 e. The molecule has 0 unspecified atom stereocenters. The van der Waals surface area contributed by atoms with Gasteiger partial charge >= 0.3 is 0 Å². The van der Waals surface area contributed by atoms with Gasteiger partial charge in [0.15, 0.2) is 0 Å². The average molecular weight is 443 g/mol. The minimum absolute atomic E-state index is 0.703. The Bertz CT molecular complexity index is 1040. The molecule has 8 heteroatoms. The second-order valence-electron chi connectivity index (χ2n) is 6.28. The highest BCUT2D eigenvalue weighted by molar-refractivity contribution is 9.10. The van der Waals surface area contributed by atoms with Crippen LogP contribution in [0.4, 0.5) is 0 Å². The zero-order valence-corrected chi connectivity index (χ0v) is 17.3. The van der Waals surface area contributed by atoms with Crippen LogP contribution < -0.4 is 0 Å². The van der Waals surface area contributed by atoms with E-state index < -0.39 is 0 Å². The van der Waals surface area contributed by atoms with Crippen LogP contribution in [0.2, 0.25) is 0 Å². The number of halogens is 1. The van der Waals surface area contributed by atoms with E-state index in [1.54, 1.807) is 16.4 Å². The Hall–Kier alpha value is -2.19. The SMILES string of the molecule is CCCCc1ccc(-n2nnnc2SCc2cn3cc(Br)ccc3n2)cc1. The molecule has 6 nitrogen and oxygen atoms in total. The van der Waals surface area contributed by atoms with Crippen LogP contribution in [0.3, 0.4) is 0 Å². The maximum Gasteiger partial charge on any atom is 0.214 e. The smallest absolute Gasteiger partial charge is 0.214 e. The first-order valence-electron chi connectivity index (χ1n) is 8.86. The third kappa shape index (κ3) is 4.22. The van der Waals surface area contributed by atoms with Crippen LogP contribution in [0.5, 0.6) is 0 Å². The molecule has 0 N–H and O–H groups in total. The van der Waals surface area contributed by atoms with E-state index in [2.05, 4.69) is 67.6 Å². The summed E-state index contributed by atoms with van der Waals surface area (Å²) in [4.78, 5) is 4.64. The second kappa shape index (κ2) is 8.22. The minimum atomic E-state index is 0.703. The number of tetrazole rings is 1. The summed E-state index contributed by atoms with van der Waals surface area (Å²) in [5.74, 6) is 0.703. The zero-order chi connectivity index (χ0) is 18.6. The number of nitrogens with zero attached hydrogens (tertiary/aromatic N) is 6. The normalized spacial score (nSPS) is 11.3. The third-order valence-corrected chi connectivity index (χ3v) is 5.68. The van der Waals surface area contributed by atoms with Crippen molar-refractivity contribution in [2.24, 2.45) is 0 Å². The number of unbranched alkanes of at least 4 members (excludes halogenated alkanes) is 1. The first kappa shape index (κ1) is 18.2. The number of pyridine rings is 1. The molecular formula is C19H19BrN6S. The summed E-state index contributed by atoms with van der Waals surface area (Å²) < 4.78 is 4.82. The molecule has 0 aliphatic heterocycles. The molecule has 4 rings (SSSR count). The summed E-state index contributed by atoms with van der Waals surface area (Å²) in [6.45, 7) is 2.21. The van der Waals surface area contributed by atoms with Gasteiger partial charge in [0.05, 0.1) is 11.4 Å². The van der Waals surface area contributed by atoms with Crippen LogP contribution in [0.1, 0.15) is 31.0 Å². The van der Waals surface area contributed by atoms with E-state index in [0.717, 1.165) is 33.1 Å². The Kier molecular flexibility index (Phi) is 5.54. The summed E-state index contributed by atoms with van der Waals surface area (Å²) in [7, 11) is 0. The van der Waals surface area contributed by atoms with Crippen molar-refractivity contribution in [2.75, 3.05) is 0 Å². The van der Waals surface area contributed by atoms with Crippen molar-refractivity contribution in [3.63, 3.8) is 0 Å². The number of imidazole rings is 1. The lowest BCUT2D eigenvalue weighted by Gasteiger charge is -2.05. The average Bonchev–Trinajstić information content (AvgIpc) is 3.31. The van der Waals surface area contributed by atoms with E-state index >= 15 is 0 Å². The lowest BCUT2D eigenvalue weighted by Crippen LogP contribution is -1.99. The molecule has 3 aromatic heterocycles. The number of aryl methyl sites for hydroxylation is 1. The molecule has 4 aromatic rings. The van der Waals surface area contributed by atoms with Gasteiger partial charge in [-0.2, -0.15) is 4.68 Å². The summed E-state index contributed by atoms with van der Waals surface area (Å²) in [5.41, 5.74) is 4.24. The molecule has 0 spiro atoms. The van der Waals surface area contributed by atoms with E-state index in [4.69, 9.17) is 0 Å². The van der Waals surface area contributed by atoms with Crippen molar-refractivity contribution in [1.82, 2.24) is 29.6 Å². The van der Waals surface area contributed by atoms with Gasteiger partial charge in [-0.05, 0) is 69.0 Å². The molecule has 0 saturated heterocycles.